The highest BCUT2D eigenvalue weighted by molar-refractivity contribution is 5.98. The minimum Gasteiger partial charge on any atom is -0.310 e. The molecule has 2 heteroatoms. The summed E-state index contributed by atoms with van der Waals surface area (Å²) in [5.41, 5.74) is 13.0. The zero-order chi connectivity index (χ0) is 34.5. The Morgan fingerprint density at radius 2 is 1.28 bits per heavy atom. The van der Waals surface area contributed by atoms with Crippen LogP contribution in [0.4, 0.5) is 17.1 Å². The van der Waals surface area contributed by atoms with E-state index in [1.165, 1.54) is 33.4 Å². The van der Waals surface area contributed by atoms with Crippen molar-refractivity contribution in [3.8, 4) is 22.3 Å². The lowest BCUT2D eigenvalue weighted by molar-refractivity contribution is -0.115. The van der Waals surface area contributed by atoms with Gasteiger partial charge in [0.15, 0.2) is 5.78 Å². The van der Waals surface area contributed by atoms with Gasteiger partial charge < -0.3 is 4.90 Å². The number of fused-ring (bicyclic) bond motifs is 4. The molecule has 2 nitrogen and oxygen atoms in total. The highest BCUT2D eigenvalue weighted by Gasteiger charge is 2.42. The first-order valence-electron chi connectivity index (χ1n) is 17.8. The summed E-state index contributed by atoms with van der Waals surface area (Å²) in [5, 5.41) is 0. The fraction of sp³-hybridized carbons (Fsp3) is 0.188. The van der Waals surface area contributed by atoms with Crippen LogP contribution in [0.2, 0.25) is 0 Å². The summed E-state index contributed by atoms with van der Waals surface area (Å²) in [6.07, 6.45) is 15.3. The number of hydrogen-bond donors (Lipinski definition) is 0. The van der Waals surface area contributed by atoms with Crippen LogP contribution in [0.3, 0.4) is 0 Å². The lowest BCUT2D eigenvalue weighted by Gasteiger charge is -2.28. The summed E-state index contributed by atoms with van der Waals surface area (Å²) in [4.78, 5) is 15.7. The molecule has 2 unspecified atom stereocenters. The zero-order valence-corrected chi connectivity index (χ0v) is 29.3. The molecule has 0 N–H and O–H groups in total. The minimum atomic E-state index is -0.0912. The topological polar surface area (TPSA) is 20.3 Å². The summed E-state index contributed by atoms with van der Waals surface area (Å²) in [6, 6.07) is 43.8. The summed E-state index contributed by atoms with van der Waals surface area (Å²) >= 11 is 0. The van der Waals surface area contributed by atoms with Gasteiger partial charge in [-0.2, -0.15) is 0 Å². The molecule has 0 aliphatic heterocycles. The maximum atomic E-state index is 13.4. The molecule has 0 saturated heterocycles. The van der Waals surface area contributed by atoms with Gasteiger partial charge in [-0.05, 0) is 92.2 Å². The van der Waals surface area contributed by atoms with Gasteiger partial charge in [-0.3, -0.25) is 4.79 Å². The molecule has 5 aromatic rings. The van der Waals surface area contributed by atoms with Crippen LogP contribution in [0, 0.1) is 17.3 Å². The highest BCUT2D eigenvalue weighted by Crippen LogP contribution is 2.51. The third-order valence-electron chi connectivity index (χ3n) is 11.0. The number of carbonyl (C=O) groups is 1. The van der Waals surface area contributed by atoms with E-state index in [9.17, 15) is 4.79 Å². The van der Waals surface area contributed by atoms with Crippen molar-refractivity contribution < 1.29 is 4.79 Å². The number of Topliss-reactive ketones (excluding diaryl/α,β-unsaturated/α-hetero) is 1. The van der Waals surface area contributed by atoms with Gasteiger partial charge in [0.25, 0.3) is 0 Å². The van der Waals surface area contributed by atoms with Gasteiger partial charge in [0.1, 0.15) is 0 Å². The van der Waals surface area contributed by atoms with Crippen molar-refractivity contribution in [3.05, 3.63) is 180 Å². The van der Waals surface area contributed by atoms with Gasteiger partial charge in [-0.15, -0.1) is 0 Å². The van der Waals surface area contributed by atoms with Crippen LogP contribution in [0.1, 0.15) is 50.8 Å². The summed E-state index contributed by atoms with van der Waals surface area (Å²) in [6.45, 7) is 9.13. The molecule has 0 saturated carbocycles. The summed E-state index contributed by atoms with van der Waals surface area (Å²) in [7, 11) is 0. The van der Waals surface area contributed by atoms with E-state index < -0.39 is 0 Å². The van der Waals surface area contributed by atoms with Crippen LogP contribution in [0.5, 0.6) is 0 Å². The molecular formula is C48H43NO. The second kappa shape index (κ2) is 12.4. The molecule has 0 radical (unpaired) electrons. The van der Waals surface area contributed by atoms with E-state index in [0.29, 0.717) is 12.3 Å². The predicted octanol–water partition coefficient (Wildman–Crippen LogP) is 12.4. The molecule has 50 heavy (non-hydrogen) atoms. The lowest BCUT2D eigenvalue weighted by atomic mass is 9.75. The number of benzene rings is 5. The van der Waals surface area contributed by atoms with E-state index in [4.69, 9.17) is 0 Å². The third-order valence-corrected chi connectivity index (χ3v) is 11.0. The van der Waals surface area contributed by atoms with E-state index in [-0.39, 0.29) is 22.5 Å². The average molecular weight is 650 g/mol. The van der Waals surface area contributed by atoms with Crippen molar-refractivity contribution in [3.63, 3.8) is 0 Å². The van der Waals surface area contributed by atoms with E-state index in [1.807, 2.05) is 6.08 Å². The first-order valence-corrected chi connectivity index (χ1v) is 17.8. The van der Waals surface area contributed by atoms with Gasteiger partial charge in [-0.25, -0.2) is 0 Å². The number of nitrogens with zero attached hydrogens (tertiary/aromatic N) is 1. The van der Waals surface area contributed by atoms with Crippen LogP contribution >= 0.6 is 0 Å². The Morgan fingerprint density at radius 1 is 0.660 bits per heavy atom. The molecule has 3 aliphatic rings. The molecule has 8 rings (SSSR count). The second-order valence-electron chi connectivity index (χ2n) is 15.0. The number of allylic oxidation sites excluding steroid dienone is 7. The SMILES string of the molecule is CC1(C)c2ccccc2-c2ccc(N(c3ccc(/C=C/CC(=O)C4=CC(C)(C)C5C=CC=CC45)cc3)c3ccc(-c4ccccc4)cc3)cc21. The normalized spacial score (nSPS) is 19.2. The van der Waals surface area contributed by atoms with Crippen molar-refractivity contribution in [1.82, 2.24) is 0 Å². The van der Waals surface area contributed by atoms with Crippen molar-refractivity contribution in [1.29, 1.82) is 0 Å². The van der Waals surface area contributed by atoms with Crippen molar-refractivity contribution >= 4 is 28.9 Å². The fourth-order valence-electron chi connectivity index (χ4n) is 8.34. The highest BCUT2D eigenvalue weighted by atomic mass is 16.1. The molecule has 3 aliphatic carbocycles. The van der Waals surface area contributed by atoms with Crippen molar-refractivity contribution in [2.45, 2.75) is 39.5 Å². The van der Waals surface area contributed by atoms with Gasteiger partial charge in [0, 0.05) is 34.8 Å². The lowest BCUT2D eigenvalue weighted by Crippen LogP contribution is -2.22. The summed E-state index contributed by atoms with van der Waals surface area (Å²) < 4.78 is 0. The molecule has 0 aromatic heterocycles. The first-order chi connectivity index (χ1) is 24.2. The molecule has 5 aromatic carbocycles. The van der Waals surface area contributed by atoms with Gasteiger partial charge in [0.05, 0.1) is 0 Å². The number of ketones is 1. The number of rotatable bonds is 8. The van der Waals surface area contributed by atoms with Gasteiger partial charge >= 0.3 is 0 Å². The Balaban J connectivity index is 1.09. The predicted molar refractivity (Wildman–Crippen MR) is 210 cm³/mol. The number of carbonyl (C=O) groups excluding carboxylic acids is 1. The molecule has 0 fully saturated rings. The largest absolute Gasteiger partial charge is 0.310 e. The smallest absolute Gasteiger partial charge is 0.162 e. The van der Waals surface area contributed by atoms with E-state index in [1.54, 1.807) is 0 Å². The Hall–Kier alpha value is -5.47. The molecule has 246 valence electrons. The van der Waals surface area contributed by atoms with E-state index in [2.05, 4.69) is 190 Å². The Labute approximate surface area is 296 Å². The number of hydrogen-bond acceptors (Lipinski definition) is 2. The van der Waals surface area contributed by atoms with E-state index >= 15 is 0 Å². The van der Waals surface area contributed by atoms with Crippen LogP contribution in [0.25, 0.3) is 28.3 Å². The Morgan fingerprint density at radius 3 is 2.04 bits per heavy atom. The fourth-order valence-corrected chi connectivity index (χ4v) is 8.34. The minimum absolute atomic E-state index is 0.0111. The van der Waals surface area contributed by atoms with Gasteiger partial charge in [0.2, 0.25) is 0 Å². The van der Waals surface area contributed by atoms with Crippen LogP contribution in [0.15, 0.2) is 163 Å². The molecular weight excluding hydrogens is 607 g/mol. The standard InChI is InChI=1S/C48H43NO/c1-47(2)32-42(40-17-8-10-18-43(40)47)46(50)20-12-13-33-21-25-36(26-22-33)49(37-27-23-35(24-28-37)34-14-6-5-7-15-34)38-29-30-41-39-16-9-11-19-44(39)48(3,4)45(41)31-38/h5-19,21-32,40,43H,20H2,1-4H3/b13-12+. The quantitative estimate of drug-likeness (QED) is 0.167. The molecule has 2 atom stereocenters. The maximum absolute atomic E-state index is 13.4. The molecule has 0 spiro atoms. The van der Waals surface area contributed by atoms with Crippen molar-refractivity contribution in [2.75, 3.05) is 4.90 Å². The number of anilines is 3. The first kappa shape index (κ1) is 31.8. The molecule has 0 bridgehead atoms. The Bertz CT molecular complexity index is 2190. The van der Waals surface area contributed by atoms with Crippen LogP contribution in [-0.2, 0) is 10.2 Å². The average Bonchev–Trinajstić information content (AvgIpc) is 3.55. The molecule has 0 amide bonds. The maximum Gasteiger partial charge on any atom is 0.162 e. The second-order valence-corrected chi connectivity index (χ2v) is 15.0. The van der Waals surface area contributed by atoms with Crippen LogP contribution in [-0.4, -0.2) is 5.78 Å². The van der Waals surface area contributed by atoms with E-state index in [0.717, 1.165) is 28.2 Å². The Kier molecular flexibility index (Phi) is 7.91. The molecule has 0 heterocycles. The van der Waals surface area contributed by atoms with Crippen LogP contribution < -0.4 is 4.90 Å². The zero-order valence-electron chi connectivity index (χ0n) is 29.3. The van der Waals surface area contributed by atoms with Gasteiger partial charge in [-0.1, -0.05) is 155 Å². The monoisotopic (exact) mass is 649 g/mol. The summed E-state index contributed by atoms with van der Waals surface area (Å²) in [5.74, 6) is 0.750. The van der Waals surface area contributed by atoms with Crippen molar-refractivity contribution in [2.24, 2.45) is 17.3 Å². The third kappa shape index (κ3) is 5.59.